The van der Waals surface area contributed by atoms with E-state index in [4.69, 9.17) is 0 Å². The standard InChI is InChI=1S/C13H17Br2NO6S2/c1-3-7-23(19,20)10(4-2)24(21,22)16-9-6-5-8(14)11(12(9)15)13(17)18/h5-6,10,16H,3-4,7H2,1-2H3,(H,17,18). The highest BCUT2D eigenvalue weighted by Gasteiger charge is 2.36. The highest BCUT2D eigenvalue weighted by Crippen LogP contribution is 2.33. The smallest absolute Gasteiger partial charge is 0.338 e. The first kappa shape index (κ1) is 21.4. The minimum absolute atomic E-state index is 0.00990. The lowest BCUT2D eigenvalue weighted by Crippen LogP contribution is -2.36. The molecular formula is C13H17Br2NO6S2. The number of sulfonamides is 1. The molecule has 0 spiro atoms. The average Bonchev–Trinajstić information content (AvgIpc) is 2.41. The van der Waals surface area contributed by atoms with Gasteiger partial charge < -0.3 is 5.11 Å². The Morgan fingerprint density at radius 1 is 1.21 bits per heavy atom. The van der Waals surface area contributed by atoms with Crippen LogP contribution in [0.1, 0.15) is 37.0 Å². The molecule has 0 heterocycles. The van der Waals surface area contributed by atoms with Crippen molar-refractivity contribution in [3.05, 3.63) is 26.6 Å². The number of halogens is 2. The summed E-state index contributed by atoms with van der Waals surface area (Å²) in [5, 5.41) is 9.19. The minimum Gasteiger partial charge on any atom is -0.478 e. The molecule has 0 fully saturated rings. The zero-order valence-corrected chi connectivity index (χ0v) is 17.7. The van der Waals surface area contributed by atoms with Gasteiger partial charge in [0, 0.05) is 4.47 Å². The largest absolute Gasteiger partial charge is 0.478 e. The van der Waals surface area contributed by atoms with Crippen LogP contribution in [-0.2, 0) is 19.9 Å². The molecule has 1 unspecified atom stereocenters. The summed E-state index contributed by atoms with van der Waals surface area (Å²) in [4.78, 5) is 11.3. The third kappa shape index (κ3) is 4.70. The Morgan fingerprint density at radius 2 is 1.79 bits per heavy atom. The Balaban J connectivity index is 3.34. The molecule has 1 aromatic rings. The quantitative estimate of drug-likeness (QED) is 0.558. The molecule has 7 nitrogen and oxygen atoms in total. The maximum absolute atomic E-state index is 12.5. The molecule has 0 aliphatic rings. The van der Waals surface area contributed by atoms with E-state index in [2.05, 4.69) is 36.6 Å². The van der Waals surface area contributed by atoms with Crippen molar-refractivity contribution in [2.45, 2.75) is 31.3 Å². The Kier molecular flexibility index (Phi) is 7.27. The molecule has 0 saturated heterocycles. The second kappa shape index (κ2) is 8.15. The molecule has 1 rings (SSSR count). The van der Waals surface area contributed by atoms with E-state index in [0.717, 1.165) is 0 Å². The number of carbonyl (C=O) groups is 1. The van der Waals surface area contributed by atoms with E-state index in [1.54, 1.807) is 6.92 Å². The first-order chi connectivity index (χ1) is 11.0. The van der Waals surface area contributed by atoms with Crippen molar-refractivity contribution in [2.24, 2.45) is 0 Å². The number of rotatable bonds is 8. The van der Waals surface area contributed by atoms with Gasteiger partial charge in [-0.05, 0) is 56.8 Å². The normalized spacial score (nSPS) is 13.5. The molecular weight excluding hydrogens is 490 g/mol. The number of hydrogen-bond acceptors (Lipinski definition) is 5. The molecule has 1 aromatic carbocycles. The number of carboxylic acid groups (broad SMARTS) is 1. The van der Waals surface area contributed by atoms with Crippen LogP contribution in [0.15, 0.2) is 21.1 Å². The molecule has 0 aliphatic carbocycles. The zero-order chi connectivity index (χ0) is 18.7. The lowest BCUT2D eigenvalue weighted by atomic mass is 10.2. The Hall–Kier alpha value is -0.650. The van der Waals surface area contributed by atoms with Crippen molar-refractivity contribution >= 4 is 63.4 Å². The summed E-state index contributed by atoms with van der Waals surface area (Å²) in [5.74, 6) is -1.51. The fraction of sp³-hybridized carbons (Fsp3) is 0.462. The highest BCUT2D eigenvalue weighted by molar-refractivity contribution is 9.11. The fourth-order valence-corrected chi connectivity index (χ4v) is 8.00. The van der Waals surface area contributed by atoms with Crippen LogP contribution in [-0.4, -0.2) is 38.2 Å². The summed E-state index contributed by atoms with van der Waals surface area (Å²) in [5.41, 5.74) is -0.208. The molecule has 0 aliphatic heterocycles. The third-order valence-corrected chi connectivity index (χ3v) is 9.89. The number of sulfone groups is 1. The number of hydrogen-bond donors (Lipinski definition) is 2. The first-order valence-corrected chi connectivity index (χ1v) is 11.8. The number of carboxylic acids is 1. The monoisotopic (exact) mass is 505 g/mol. The first-order valence-electron chi connectivity index (χ1n) is 6.92. The summed E-state index contributed by atoms with van der Waals surface area (Å²) in [6.45, 7) is 3.12. The van der Waals surface area contributed by atoms with Crippen molar-refractivity contribution in [3.63, 3.8) is 0 Å². The van der Waals surface area contributed by atoms with Gasteiger partial charge in [-0.3, -0.25) is 4.72 Å². The second-order valence-corrected chi connectivity index (χ2v) is 11.1. The van der Waals surface area contributed by atoms with E-state index in [0.29, 0.717) is 6.42 Å². The molecule has 0 radical (unpaired) electrons. The molecule has 0 saturated carbocycles. The van der Waals surface area contributed by atoms with Crippen LogP contribution < -0.4 is 4.72 Å². The van der Waals surface area contributed by atoms with E-state index in [-0.39, 0.29) is 32.4 Å². The molecule has 0 aromatic heterocycles. The van der Waals surface area contributed by atoms with Crippen LogP contribution in [0.25, 0.3) is 0 Å². The lowest BCUT2D eigenvalue weighted by molar-refractivity contribution is 0.0695. The summed E-state index contributed by atoms with van der Waals surface area (Å²) in [6.07, 6.45) is 0.192. The Morgan fingerprint density at radius 3 is 2.25 bits per heavy atom. The van der Waals surface area contributed by atoms with Gasteiger partial charge in [0.25, 0.3) is 0 Å². The van der Waals surface area contributed by atoms with E-state index < -0.39 is 30.4 Å². The van der Waals surface area contributed by atoms with Crippen molar-refractivity contribution in [2.75, 3.05) is 10.5 Å². The molecule has 11 heteroatoms. The predicted octanol–water partition coefficient (Wildman–Crippen LogP) is 3.21. The number of nitrogens with one attached hydrogen (secondary N) is 1. The van der Waals surface area contributed by atoms with Gasteiger partial charge in [-0.2, -0.15) is 0 Å². The Labute approximate surface area is 158 Å². The lowest BCUT2D eigenvalue weighted by Gasteiger charge is -2.19. The topological polar surface area (TPSA) is 118 Å². The van der Waals surface area contributed by atoms with Crippen LogP contribution >= 0.6 is 31.9 Å². The number of benzene rings is 1. The predicted molar refractivity (Wildman–Crippen MR) is 99.5 cm³/mol. The molecule has 2 N–H and O–H groups in total. The highest BCUT2D eigenvalue weighted by atomic mass is 79.9. The molecule has 0 bridgehead atoms. The van der Waals surface area contributed by atoms with Gasteiger partial charge in [-0.1, -0.05) is 13.8 Å². The van der Waals surface area contributed by atoms with E-state index >= 15 is 0 Å². The SMILES string of the molecule is CCCS(=O)(=O)C(CC)S(=O)(=O)Nc1ccc(Br)c(C(=O)O)c1Br. The van der Waals surface area contributed by atoms with Gasteiger partial charge >= 0.3 is 5.97 Å². The van der Waals surface area contributed by atoms with E-state index in [1.807, 2.05) is 0 Å². The maximum atomic E-state index is 12.5. The molecule has 0 amide bonds. The fourth-order valence-electron chi connectivity index (χ4n) is 2.13. The van der Waals surface area contributed by atoms with Crippen molar-refractivity contribution < 1.29 is 26.7 Å². The molecule has 24 heavy (non-hydrogen) atoms. The van der Waals surface area contributed by atoms with E-state index in [9.17, 15) is 26.7 Å². The van der Waals surface area contributed by atoms with Gasteiger partial charge in [-0.15, -0.1) is 0 Å². The van der Waals surface area contributed by atoms with Crippen molar-refractivity contribution in [1.29, 1.82) is 0 Å². The maximum Gasteiger partial charge on any atom is 0.338 e. The summed E-state index contributed by atoms with van der Waals surface area (Å²) < 4.78 is 50.2. The van der Waals surface area contributed by atoms with Crippen molar-refractivity contribution in [3.8, 4) is 0 Å². The van der Waals surface area contributed by atoms with Crippen LogP contribution in [0.5, 0.6) is 0 Å². The second-order valence-electron chi connectivity index (χ2n) is 4.94. The summed E-state index contributed by atoms with van der Waals surface area (Å²) >= 11 is 6.12. The average molecular weight is 507 g/mol. The molecule has 136 valence electrons. The molecule has 1 atom stereocenters. The van der Waals surface area contributed by atoms with Gasteiger partial charge in [0.2, 0.25) is 10.0 Å². The van der Waals surface area contributed by atoms with E-state index in [1.165, 1.54) is 19.1 Å². The number of anilines is 1. The summed E-state index contributed by atoms with van der Waals surface area (Å²) in [7, 11) is -8.10. The zero-order valence-electron chi connectivity index (χ0n) is 12.9. The van der Waals surface area contributed by atoms with Gasteiger partial charge in [-0.25, -0.2) is 21.6 Å². The van der Waals surface area contributed by atoms with Crippen molar-refractivity contribution in [1.82, 2.24) is 0 Å². The van der Waals surface area contributed by atoms with Crippen LogP contribution in [0.3, 0.4) is 0 Å². The van der Waals surface area contributed by atoms with Gasteiger partial charge in [0.05, 0.1) is 21.5 Å². The minimum atomic E-state index is -4.26. The van der Waals surface area contributed by atoms with Gasteiger partial charge in [0.15, 0.2) is 14.4 Å². The van der Waals surface area contributed by atoms with Crippen LogP contribution in [0, 0.1) is 0 Å². The van der Waals surface area contributed by atoms with Crippen LogP contribution in [0.2, 0.25) is 0 Å². The van der Waals surface area contributed by atoms with Gasteiger partial charge in [0.1, 0.15) is 0 Å². The Bertz CT molecular complexity index is 836. The van der Waals surface area contributed by atoms with Crippen LogP contribution in [0.4, 0.5) is 5.69 Å². The summed E-state index contributed by atoms with van der Waals surface area (Å²) in [6, 6.07) is 2.71. The third-order valence-electron chi connectivity index (χ3n) is 3.13. The number of aromatic carboxylic acids is 1.